The Hall–Kier alpha value is -0.840. The smallest absolute Gasteiger partial charge is 0.0543 e. The minimum atomic E-state index is -0.230. The number of hydrogen-bond acceptors (Lipinski definition) is 2. The topological polar surface area (TPSA) is 23.5 Å². The molecule has 1 atom stereocenters. The van der Waals surface area contributed by atoms with E-state index in [4.69, 9.17) is 0 Å². The van der Waals surface area contributed by atoms with Gasteiger partial charge in [0.15, 0.2) is 0 Å². The van der Waals surface area contributed by atoms with Crippen molar-refractivity contribution in [3.8, 4) is 0 Å². The Kier molecular flexibility index (Phi) is 3.65. The summed E-state index contributed by atoms with van der Waals surface area (Å²) in [5.74, 6) is 0. The molecule has 1 unspecified atom stereocenters. The third kappa shape index (κ3) is 2.30. The highest BCUT2D eigenvalue weighted by atomic mass is 79.9. The van der Waals surface area contributed by atoms with E-state index in [2.05, 4.69) is 67.9 Å². The van der Waals surface area contributed by atoms with Crippen LogP contribution in [0, 0.1) is 0 Å². The molecular formula is C16H15Br2NO. The van der Waals surface area contributed by atoms with E-state index in [9.17, 15) is 5.11 Å². The number of benzene rings is 2. The van der Waals surface area contributed by atoms with Crippen LogP contribution in [0.25, 0.3) is 0 Å². The molecule has 0 aromatic heterocycles. The molecule has 1 aliphatic heterocycles. The van der Waals surface area contributed by atoms with Crippen LogP contribution in [0.4, 0.5) is 11.4 Å². The molecule has 1 aliphatic rings. The van der Waals surface area contributed by atoms with Gasteiger partial charge in [-0.05, 0) is 48.0 Å². The van der Waals surface area contributed by atoms with Gasteiger partial charge in [0.1, 0.15) is 0 Å². The third-order valence-electron chi connectivity index (χ3n) is 3.89. The predicted molar refractivity (Wildman–Crippen MR) is 89.7 cm³/mol. The molecule has 3 rings (SSSR count). The van der Waals surface area contributed by atoms with Crippen LogP contribution < -0.4 is 4.90 Å². The van der Waals surface area contributed by atoms with Gasteiger partial charge in [-0.2, -0.15) is 0 Å². The average Bonchev–Trinajstić information content (AvgIpc) is 2.74. The largest absolute Gasteiger partial charge is 0.395 e. The Morgan fingerprint density at radius 3 is 2.40 bits per heavy atom. The van der Waals surface area contributed by atoms with Gasteiger partial charge in [0, 0.05) is 32.3 Å². The highest BCUT2D eigenvalue weighted by Gasteiger charge is 2.39. The lowest BCUT2D eigenvalue weighted by atomic mass is 9.85. The molecule has 2 nitrogen and oxygen atoms in total. The number of nitrogens with zero attached hydrogens (tertiary/aromatic N) is 1. The normalized spacial score (nSPS) is 21.1. The molecule has 20 heavy (non-hydrogen) atoms. The fourth-order valence-electron chi connectivity index (χ4n) is 2.73. The van der Waals surface area contributed by atoms with Gasteiger partial charge >= 0.3 is 0 Å². The second-order valence-corrected chi connectivity index (χ2v) is 7.27. The van der Waals surface area contributed by atoms with Gasteiger partial charge < -0.3 is 10.0 Å². The van der Waals surface area contributed by atoms with E-state index >= 15 is 0 Å². The molecular weight excluding hydrogens is 382 g/mol. The molecule has 4 heteroatoms. The maximum Gasteiger partial charge on any atom is 0.0543 e. The summed E-state index contributed by atoms with van der Waals surface area (Å²) in [4.78, 5) is 2.27. The summed E-state index contributed by atoms with van der Waals surface area (Å²) in [7, 11) is 0. The van der Waals surface area contributed by atoms with Gasteiger partial charge in [0.2, 0.25) is 0 Å². The number of anilines is 2. The lowest BCUT2D eigenvalue weighted by molar-refractivity contribution is 0.216. The summed E-state index contributed by atoms with van der Waals surface area (Å²) >= 11 is 6.99. The van der Waals surface area contributed by atoms with Crippen LogP contribution in [-0.4, -0.2) is 18.3 Å². The van der Waals surface area contributed by atoms with E-state index in [0.29, 0.717) is 0 Å². The highest BCUT2D eigenvalue weighted by molar-refractivity contribution is 9.10. The molecule has 0 amide bonds. The Labute approximate surface area is 135 Å². The first-order chi connectivity index (χ1) is 9.53. The van der Waals surface area contributed by atoms with Gasteiger partial charge in [0.25, 0.3) is 0 Å². The predicted octanol–water partition coefficient (Wildman–Crippen LogP) is 4.61. The Morgan fingerprint density at radius 2 is 1.75 bits per heavy atom. The fraction of sp³-hybridized carbons (Fsp3) is 0.250. The molecule has 0 aliphatic carbocycles. The highest BCUT2D eigenvalue weighted by Crippen LogP contribution is 2.45. The zero-order valence-electron chi connectivity index (χ0n) is 11.1. The van der Waals surface area contributed by atoms with Crippen LogP contribution in [-0.2, 0) is 5.41 Å². The van der Waals surface area contributed by atoms with E-state index in [1.807, 2.05) is 18.2 Å². The van der Waals surface area contributed by atoms with Crippen molar-refractivity contribution in [2.75, 3.05) is 18.1 Å². The first-order valence-electron chi connectivity index (χ1n) is 6.47. The van der Waals surface area contributed by atoms with E-state index < -0.39 is 0 Å². The van der Waals surface area contributed by atoms with Crippen molar-refractivity contribution in [2.24, 2.45) is 0 Å². The van der Waals surface area contributed by atoms with Crippen LogP contribution in [0.15, 0.2) is 51.4 Å². The van der Waals surface area contributed by atoms with E-state index in [-0.39, 0.29) is 12.0 Å². The number of halogens is 2. The number of hydrogen-bond donors (Lipinski definition) is 1. The molecule has 0 saturated carbocycles. The van der Waals surface area contributed by atoms with Crippen LogP contribution in [0.5, 0.6) is 0 Å². The number of fused-ring (bicyclic) bond motifs is 1. The molecule has 2 aromatic carbocycles. The summed E-state index contributed by atoms with van der Waals surface area (Å²) in [6.45, 7) is 3.04. The standard InChI is InChI=1S/C16H15Br2NO/c1-16(10-20)9-19(13-5-2-11(17)3-6-13)15-7-4-12(18)8-14(15)16/h2-8,20H,9-10H2,1H3. The van der Waals surface area contributed by atoms with E-state index in [1.54, 1.807) is 0 Å². The van der Waals surface area contributed by atoms with Crippen molar-refractivity contribution in [1.29, 1.82) is 0 Å². The molecule has 0 spiro atoms. The van der Waals surface area contributed by atoms with Gasteiger partial charge in [0.05, 0.1) is 6.61 Å². The van der Waals surface area contributed by atoms with Crippen LogP contribution in [0.3, 0.4) is 0 Å². The Balaban J connectivity index is 2.10. The van der Waals surface area contributed by atoms with Crippen molar-refractivity contribution in [3.05, 3.63) is 57.0 Å². The van der Waals surface area contributed by atoms with E-state index in [0.717, 1.165) is 21.2 Å². The summed E-state index contributed by atoms with van der Waals surface area (Å²) in [6, 6.07) is 14.6. The Morgan fingerprint density at radius 1 is 1.10 bits per heavy atom. The van der Waals surface area contributed by atoms with Gasteiger partial charge in [-0.25, -0.2) is 0 Å². The van der Waals surface area contributed by atoms with Crippen LogP contribution in [0.2, 0.25) is 0 Å². The number of rotatable bonds is 2. The molecule has 0 radical (unpaired) electrons. The van der Waals surface area contributed by atoms with Crippen molar-refractivity contribution >= 4 is 43.2 Å². The zero-order chi connectivity index (χ0) is 14.3. The molecule has 1 N–H and O–H groups in total. The maximum absolute atomic E-state index is 9.82. The third-order valence-corrected chi connectivity index (χ3v) is 4.92. The molecule has 1 heterocycles. The first-order valence-corrected chi connectivity index (χ1v) is 8.06. The average molecular weight is 397 g/mol. The summed E-state index contributed by atoms with van der Waals surface area (Å²) in [6.07, 6.45) is 0. The lowest BCUT2D eigenvalue weighted by Gasteiger charge is -2.24. The van der Waals surface area contributed by atoms with Gasteiger partial charge in [-0.1, -0.05) is 38.8 Å². The second-order valence-electron chi connectivity index (χ2n) is 5.44. The number of aliphatic hydroxyl groups is 1. The van der Waals surface area contributed by atoms with Crippen molar-refractivity contribution < 1.29 is 5.11 Å². The molecule has 0 bridgehead atoms. The fourth-order valence-corrected chi connectivity index (χ4v) is 3.36. The van der Waals surface area contributed by atoms with Crippen LogP contribution >= 0.6 is 31.9 Å². The van der Waals surface area contributed by atoms with Gasteiger partial charge in [-0.3, -0.25) is 0 Å². The first kappa shape index (κ1) is 14.1. The van der Waals surface area contributed by atoms with Crippen LogP contribution in [0.1, 0.15) is 12.5 Å². The van der Waals surface area contributed by atoms with Crippen molar-refractivity contribution in [3.63, 3.8) is 0 Å². The molecule has 0 fully saturated rings. The second kappa shape index (κ2) is 5.17. The van der Waals surface area contributed by atoms with Gasteiger partial charge in [-0.15, -0.1) is 0 Å². The Bertz CT molecular complexity index is 641. The summed E-state index contributed by atoms with van der Waals surface area (Å²) in [5.41, 5.74) is 3.28. The molecule has 104 valence electrons. The molecule has 0 saturated heterocycles. The van der Waals surface area contributed by atoms with Crippen molar-refractivity contribution in [1.82, 2.24) is 0 Å². The monoisotopic (exact) mass is 395 g/mol. The minimum absolute atomic E-state index is 0.142. The quantitative estimate of drug-likeness (QED) is 0.800. The van der Waals surface area contributed by atoms with E-state index in [1.165, 1.54) is 11.3 Å². The minimum Gasteiger partial charge on any atom is -0.395 e. The molecule has 2 aromatic rings. The summed E-state index contributed by atoms with van der Waals surface area (Å²) in [5, 5.41) is 9.82. The van der Waals surface area contributed by atoms with Crippen molar-refractivity contribution in [2.45, 2.75) is 12.3 Å². The number of aliphatic hydroxyl groups excluding tert-OH is 1. The zero-order valence-corrected chi connectivity index (χ0v) is 14.3. The maximum atomic E-state index is 9.82. The summed E-state index contributed by atoms with van der Waals surface area (Å²) < 4.78 is 2.12. The lowest BCUT2D eigenvalue weighted by Crippen LogP contribution is -2.31. The SMILES string of the molecule is CC1(CO)CN(c2ccc(Br)cc2)c2ccc(Br)cc21.